The van der Waals surface area contributed by atoms with Crippen LogP contribution >= 0.6 is 0 Å². The molecular formula is C21H25FN4O2. The summed E-state index contributed by atoms with van der Waals surface area (Å²) in [4.78, 5) is 17.6. The molecule has 1 aromatic heterocycles. The van der Waals surface area contributed by atoms with E-state index in [4.69, 9.17) is 4.42 Å². The lowest BCUT2D eigenvalue weighted by atomic mass is 10.0. The van der Waals surface area contributed by atoms with Crippen molar-refractivity contribution in [3.63, 3.8) is 0 Å². The molecule has 1 fully saturated rings. The lowest BCUT2D eigenvalue weighted by molar-refractivity contribution is -0.135. The SMILES string of the molecule is CCN1CCN(CC(=O)N2N=C(c3ccc(F)cc3)C[C@H]2c2ccco2)CC1. The summed E-state index contributed by atoms with van der Waals surface area (Å²) in [5.74, 6) is 0.387. The summed E-state index contributed by atoms with van der Waals surface area (Å²) in [7, 11) is 0. The Morgan fingerprint density at radius 3 is 2.50 bits per heavy atom. The average Bonchev–Trinajstić information content (AvgIpc) is 3.39. The Hall–Kier alpha value is -2.51. The van der Waals surface area contributed by atoms with Crippen LogP contribution in [0.3, 0.4) is 0 Å². The van der Waals surface area contributed by atoms with E-state index in [-0.39, 0.29) is 17.8 Å². The fourth-order valence-corrected chi connectivity index (χ4v) is 3.79. The fraction of sp³-hybridized carbons (Fsp3) is 0.429. The van der Waals surface area contributed by atoms with E-state index in [9.17, 15) is 9.18 Å². The Bertz CT molecular complexity index is 827. The number of carbonyl (C=O) groups excluding carboxylic acids is 1. The van der Waals surface area contributed by atoms with Crippen LogP contribution in [0.25, 0.3) is 0 Å². The molecule has 1 saturated heterocycles. The molecule has 1 amide bonds. The summed E-state index contributed by atoms with van der Waals surface area (Å²) in [6.45, 7) is 7.27. The van der Waals surface area contributed by atoms with Gasteiger partial charge in [0.2, 0.25) is 0 Å². The van der Waals surface area contributed by atoms with Gasteiger partial charge in [0, 0.05) is 32.6 Å². The van der Waals surface area contributed by atoms with Gasteiger partial charge in [-0.15, -0.1) is 0 Å². The van der Waals surface area contributed by atoms with E-state index in [1.54, 1.807) is 23.4 Å². The normalized spacial score (nSPS) is 21.1. The van der Waals surface area contributed by atoms with Gasteiger partial charge < -0.3 is 9.32 Å². The maximum atomic E-state index is 13.3. The third kappa shape index (κ3) is 4.00. The molecule has 4 rings (SSSR count). The quantitative estimate of drug-likeness (QED) is 0.796. The molecule has 28 heavy (non-hydrogen) atoms. The van der Waals surface area contributed by atoms with E-state index >= 15 is 0 Å². The molecule has 2 aliphatic rings. The molecule has 0 radical (unpaired) electrons. The molecule has 2 aliphatic heterocycles. The molecule has 0 spiro atoms. The number of rotatable bonds is 5. The second-order valence-corrected chi connectivity index (χ2v) is 7.24. The van der Waals surface area contributed by atoms with Crippen molar-refractivity contribution >= 4 is 11.6 Å². The minimum absolute atomic E-state index is 0.0385. The zero-order valence-electron chi connectivity index (χ0n) is 16.1. The van der Waals surface area contributed by atoms with Crippen molar-refractivity contribution in [2.75, 3.05) is 39.3 Å². The first-order valence-corrected chi connectivity index (χ1v) is 9.77. The molecule has 0 unspecified atom stereocenters. The Labute approximate surface area is 164 Å². The second kappa shape index (κ2) is 8.24. The number of halogens is 1. The monoisotopic (exact) mass is 384 g/mol. The minimum Gasteiger partial charge on any atom is -0.467 e. The smallest absolute Gasteiger partial charge is 0.257 e. The fourth-order valence-electron chi connectivity index (χ4n) is 3.79. The molecule has 1 aromatic carbocycles. The highest BCUT2D eigenvalue weighted by Gasteiger charge is 2.35. The van der Waals surface area contributed by atoms with Crippen LogP contribution in [0.15, 0.2) is 52.2 Å². The molecule has 6 nitrogen and oxygen atoms in total. The number of hydrogen-bond donors (Lipinski definition) is 0. The van der Waals surface area contributed by atoms with Gasteiger partial charge in [-0.25, -0.2) is 9.40 Å². The number of nitrogens with zero attached hydrogens (tertiary/aromatic N) is 4. The molecule has 0 bridgehead atoms. The summed E-state index contributed by atoms with van der Waals surface area (Å²) < 4.78 is 18.8. The third-order valence-electron chi connectivity index (χ3n) is 5.49. The maximum Gasteiger partial charge on any atom is 0.257 e. The first-order valence-electron chi connectivity index (χ1n) is 9.77. The molecular weight excluding hydrogens is 359 g/mol. The summed E-state index contributed by atoms with van der Waals surface area (Å²) in [5, 5.41) is 6.15. The van der Waals surface area contributed by atoms with Crippen molar-refractivity contribution in [2.24, 2.45) is 5.10 Å². The highest BCUT2D eigenvalue weighted by molar-refractivity contribution is 6.03. The van der Waals surface area contributed by atoms with Gasteiger partial charge in [0.05, 0.1) is 18.5 Å². The number of likely N-dealkylation sites (N-methyl/N-ethyl adjacent to an activating group) is 1. The molecule has 0 aliphatic carbocycles. The largest absolute Gasteiger partial charge is 0.467 e. The number of carbonyl (C=O) groups is 1. The number of benzene rings is 1. The maximum absolute atomic E-state index is 13.3. The zero-order valence-corrected chi connectivity index (χ0v) is 16.1. The van der Waals surface area contributed by atoms with Crippen LogP contribution in [0.4, 0.5) is 4.39 Å². The summed E-state index contributed by atoms with van der Waals surface area (Å²) in [6, 6.07) is 9.65. The van der Waals surface area contributed by atoms with Gasteiger partial charge in [0.1, 0.15) is 17.6 Å². The summed E-state index contributed by atoms with van der Waals surface area (Å²) in [5.41, 5.74) is 1.59. The second-order valence-electron chi connectivity index (χ2n) is 7.24. The van der Waals surface area contributed by atoms with Crippen LogP contribution in [-0.2, 0) is 4.79 Å². The van der Waals surface area contributed by atoms with E-state index in [1.807, 2.05) is 12.1 Å². The highest BCUT2D eigenvalue weighted by atomic mass is 19.1. The van der Waals surface area contributed by atoms with Gasteiger partial charge in [-0.1, -0.05) is 19.1 Å². The van der Waals surface area contributed by atoms with Crippen LogP contribution in [0.2, 0.25) is 0 Å². The van der Waals surface area contributed by atoms with Crippen molar-refractivity contribution in [3.05, 3.63) is 59.8 Å². The standard InChI is InChI=1S/C21H25FN4O2/c1-2-24-9-11-25(12-10-24)15-21(27)26-19(20-4-3-13-28-20)14-18(23-26)16-5-7-17(22)8-6-16/h3-8,13,19H,2,9-12,14-15H2,1H3/t19-/m0/s1. The number of hydrogen-bond acceptors (Lipinski definition) is 5. The van der Waals surface area contributed by atoms with E-state index in [2.05, 4.69) is 21.8 Å². The van der Waals surface area contributed by atoms with Crippen molar-refractivity contribution in [3.8, 4) is 0 Å². The van der Waals surface area contributed by atoms with E-state index < -0.39 is 0 Å². The molecule has 148 valence electrons. The van der Waals surface area contributed by atoms with Crippen molar-refractivity contribution in [2.45, 2.75) is 19.4 Å². The van der Waals surface area contributed by atoms with Crippen LogP contribution in [-0.4, -0.2) is 65.7 Å². The molecule has 0 saturated carbocycles. The Morgan fingerprint density at radius 2 is 1.86 bits per heavy atom. The number of hydrazone groups is 1. The van der Waals surface area contributed by atoms with Crippen molar-refractivity contribution < 1.29 is 13.6 Å². The Kier molecular flexibility index (Phi) is 5.54. The predicted octanol–water partition coefficient (Wildman–Crippen LogP) is 2.73. The molecule has 0 N–H and O–H groups in total. The number of amides is 1. The lowest BCUT2D eigenvalue weighted by Gasteiger charge is -2.34. The zero-order chi connectivity index (χ0) is 19.5. The third-order valence-corrected chi connectivity index (χ3v) is 5.49. The molecule has 7 heteroatoms. The average molecular weight is 384 g/mol. The predicted molar refractivity (Wildman–Crippen MR) is 104 cm³/mol. The van der Waals surface area contributed by atoms with E-state index in [1.165, 1.54) is 12.1 Å². The highest BCUT2D eigenvalue weighted by Crippen LogP contribution is 2.33. The van der Waals surface area contributed by atoms with E-state index in [0.717, 1.165) is 44.0 Å². The van der Waals surface area contributed by atoms with Gasteiger partial charge >= 0.3 is 0 Å². The Balaban J connectivity index is 1.51. The summed E-state index contributed by atoms with van der Waals surface area (Å²) >= 11 is 0. The first kappa shape index (κ1) is 18.8. The van der Waals surface area contributed by atoms with Gasteiger partial charge in [0.25, 0.3) is 5.91 Å². The topological polar surface area (TPSA) is 52.3 Å². The van der Waals surface area contributed by atoms with Crippen LogP contribution in [0.5, 0.6) is 0 Å². The van der Waals surface area contributed by atoms with Gasteiger partial charge in [0.15, 0.2) is 0 Å². The summed E-state index contributed by atoms with van der Waals surface area (Å²) in [6.07, 6.45) is 2.16. The molecule has 2 aromatic rings. The van der Waals surface area contributed by atoms with Crippen molar-refractivity contribution in [1.29, 1.82) is 0 Å². The minimum atomic E-state index is -0.288. The molecule has 1 atom stereocenters. The van der Waals surface area contributed by atoms with Crippen LogP contribution in [0, 0.1) is 5.82 Å². The lowest BCUT2D eigenvalue weighted by Crippen LogP contribution is -2.49. The van der Waals surface area contributed by atoms with Gasteiger partial charge in [-0.05, 0) is 36.4 Å². The van der Waals surface area contributed by atoms with Crippen LogP contribution < -0.4 is 0 Å². The first-order chi connectivity index (χ1) is 13.6. The van der Waals surface area contributed by atoms with Gasteiger partial charge in [-0.2, -0.15) is 5.10 Å². The molecule has 3 heterocycles. The number of piperazine rings is 1. The van der Waals surface area contributed by atoms with Gasteiger partial charge in [-0.3, -0.25) is 9.69 Å². The number of furan rings is 1. The Morgan fingerprint density at radius 1 is 1.14 bits per heavy atom. The van der Waals surface area contributed by atoms with Crippen LogP contribution in [0.1, 0.15) is 30.7 Å². The van der Waals surface area contributed by atoms with E-state index in [0.29, 0.717) is 18.7 Å². The van der Waals surface area contributed by atoms with Crippen molar-refractivity contribution in [1.82, 2.24) is 14.8 Å².